The number of alkyl carbamates (subject to hydrolysis) is 1. The molecule has 0 rings (SSSR count). The Hall–Kier alpha value is -1.75. The highest BCUT2D eigenvalue weighted by molar-refractivity contribution is 5.81. The molecule has 2 atom stereocenters. The quantitative estimate of drug-likeness (QED) is 0.552. The van der Waals surface area contributed by atoms with Crippen LogP contribution in [0.25, 0.3) is 0 Å². The second kappa shape index (κ2) is 7.88. The minimum atomic E-state index is -6.56. The van der Waals surface area contributed by atoms with Crippen molar-refractivity contribution in [1.29, 1.82) is 0 Å². The third kappa shape index (κ3) is 4.63. The third-order valence-electron chi connectivity index (χ3n) is 3.01. The fourth-order valence-corrected chi connectivity index (χ4v) is 1.55. The van der Waals surface area contributed by atoms with Crippen molar-refractivity contribution in [2.75, 3.05) is 13.7 Å². The number of rotatable bonds is 7. The molecule has 0 fully saturated rings. The first-order valence-corrected chi connectivity index (χ1v) is 6.57. The van der Waals surface area contributed by atoms with Crippen molar-refractivity contribution >= 4 is 12.1 Å². The highest BCUT2D eigenvalue weighted by Gasteiger charge is 2.75. The van der Waals surface area contributed by atoms with Gasteiger partial charge in [0.2, 0.25) is 0 Å². The molecule has 0 heterocycles. The van der Waals surface area contributed by atoms with E-state index in [1.165, 1.54) is 12.2 Å². The van der Waals surface area contributed by atoms with Crippen molar-refractivity contribution < 1.29 is 49.8 Å². The molecule has 12 heteroatoms. The van der Waals surface area contributed by atoms with Gasteiger partial charge < -0.3 is 14.8 Å². The van der Waals surface area contributed by atoms with Crippen molar-refractivity contribution in [2.45, 2.75) is 44.3 Å². The summed E-state index contributed by atoms with van der Waals surface area (Å²) < 4.78 is 98.7. The van der Waals surface area contributed by atoms with Crippen LogP contribution in [0.5, 0.6) is 0 Å². The number of halogens is 7. The molecule has 0 aromatic carbocycles. The van der Waals surface area contributed by atoms with Gasteiger partial charge in [-0.25, -0.2) is 9.59 Å². The predicted molar refractivity (Wildman–Crippen MR) is 65.7 cm³/mol. The Morgan fingerprint density at radius 2 is 1.58 bits per heavy atom. The molecule has 142 valence electrons. The summed E-state index contributed by atoms with van der Waals surface area (Å²) in [4.78, 5) is 22.7. The van der Waals surface area contributed by atoms with Crippen LogP contribution in [0.4, 0.5) is 35.5 Å². The van der Waals surface area contributed by atoms with E-state index in [9.17, 15) is 40.3 Å². The monoisotopic (exact) mass is 371 g/mol. The average molecular weight is 371 g/mol. The maximum Gasteiger partial charge on any atom is 0.459 e. The van der Waals surface area contributed by atoms with E-state index >= 15 is 0 Å². The molecule has 1 N–H and O–H groups in total. The molecule has 0 aliphatic carbocycles. The number of amides is 1. The SMILES string of the molecule is CCCOC(=O)C(NC(=O)OC)C(C)C(F)(F)C(F)(F)C(F)(F)F. The predicted octanol–water partition coefficient (Wildman–Crippen LogP) is 3.13. The number of carbonyl (C=O) groups excluding carboxylic acids is 2. The van der Waals surface area contributed by atoms with Crippen LogP contribution in [-0.2, 0) is 14.3 Å². The number of methoxy groups -OCH3 is 1. The van der Waals surface area contributed by atoms with Gasteiger partial charge in [0.15, 0.2) is 0 Å². The molecule has 0 saturated heterocycles. The highest BCUT2D eigenvalue weighted by Crippen LogP contribution is 2.50. The zero-order valence-electron chi connectivity index (χ0n) is 12.8. The van der Waals surface area contributed by atoms with Gasteiger partial charge in [-0.1, -0.05) is 13.8 Å². The lowest BCUT2D eigenvalue weighted by atomic mass is 9.90. The Kier molecular flexibility index (Phi) is 7.31. The Morgan fingerprint density at radius 1 is 1.08 bits per heavy atom. The molecule has 2 unspecified atom stereocenters. The van der Waals surface area contributed by atoms with Crippen LogP contribution in [0.1, 0.15) is 20.3 Å². The Labute approximate surface area is 132 Å². The first-order chi connectivity index (χ1) is 10.7. The third-order valence-corrected chi connectivity index (χ3v) is 3.01. The Bertz CT molecular complexity index is 453. The standard InChI is InChI=1S/C12H16F7NO4/c1-4-5-24-8(21)7(20-9(22)23-3)6(2)10(13,14)11(15,16)12(17,18)19/h6-7H,4-5H2,1-3H3,(H,20,22). The van der Waals surface area contributed by atoms with E-state index in [1.54, 1.807) is 0 Å². The number of ether oxygens (including phenoxy) is 2. The first kappa shape index (κ1) is 22.2. The topological polar surface area (TPSA) is 64.6 Å². The fraction of sp³-hybridized carbons (Fsp3) is 0.833. The van der Waals surface area contributed by atoms with Gasteiger partial charge in [0.25, 0.3) is 0 Å². The summed E-state index contributed by atoms with van der Waals surface area (Å²) in [5.41, 5.74) is 0. The molecular formula is C12H16F7NO4. The van der Waals surface area contributed by atoms with E-state index in [1.807, 2.05) is 0 Å². The van der Waals surface area contributed by atoms with E-state index in [2.05, 4.69) is 9.47 Å². The number of hydrogen-bond acceptors (Lipinski definition) is 4. The second-order valence-corrected chi connectivity index (χ2v) is 4.76. The molecule has 0 radical (unpaired) electrons. The molecule has 0 aliphatic rings. The van der Waals surface area contributed by atoms with Gasteiger partial charge in [-0.2, -0.15) is 30.7 Å². The van der Waals surface area contributed by atoms with Crippen molar-refractivity contribution in [3.63, 3.8) is 0 Å². The van der Waals surface area contributed by atoms with Crippen LogP contribution in [0.15, 0.2) is 0 Å². The van der Waals surface area contributed by atoms with Crippen molar-refractivity contribution in [1.82, 2.24) is 5.32 Å². The van der Waals surface area contributed by atoms with Crippen molar-refractivity contribution in [2.24, 2.45) is 5.92 Å². The summed E-state index contributed by atoms with van der Waals surface area (Å²) in [6.07, 6.45) is -7.82. The number of alkyl halides is 7. The van der Waals surface area contributed by atoms with Gasteiger partial charge in [0, 0.05) is 0 Å². The molecule has 1 amide bonds. The van der Waals surface area contributed by atoms with Crippen LogP contribution in [0.2, 0.25) is 0 Å². The van der Waals surface area contributed by atoms with Gasteiger partial charge in [-0.15, -0.1) is 0 Å². The summed E-state index contributed by atoms with van der Waals surface area (Å²) in [5, 5.41) is 1.49. The number of esters is 1. The highest BCUT2D eigenvalue weighted by atomic mass is 19.4. The van der Waals surface area contributed by atoms with Gasteiger partial charge in [-0.05, 0) is 6.42 Å². The minimum absolute atomic E-state index is 0.222. The van der Waals surface area contributed by atoms with Crippen molar-refractivity contribution in [3.8, 4) is 0 Å². The first-order valence-electron chi connectivity index (χ1n) is 6.57. The lowest BCUT2D eigenvalue weighted by Gasteiger charge is -2.35. The van der Waals surface area contributed by atoms with Gasteiger partial charge in [-0.3, -0.25) is 0 Å². The van der Waals surface area contributed by atoms with Crippen LogP contribution < -0.4 is 5.32 Å². The summed E-state index contributed by atoms with van der Waals surface area (Å²) >= 11 is 0. The smallest absolute Gasteiger partial charge is 0.459 e. The molecule has 0 aromatic rings. The molecule has 0 saturated carbocycles. The normalized spacial score (nSPS) is 15.4. The van der Waals surface area contributed by atoms with Crippen molar-refractivity contribution in [3.05, 3.63) is 0 Å². The summed E-state index contributed by atoms with van der Waals surface area (Å²) in [6.45, 7) is 1.46. The molecule has 0 spiro atoms. The number of hydrogen-bond donors (Lipinski definition) is 1. The van der Waals surface area contributed by atoms with Gasteiger partial charge in [0.1, 0.15) is 6.04 Å². The van der Waals surface area contributed by atoms with Crippen LogP contribution in [0, 0.1) is 5.92 Å². The van der Waals surface area contributed by atoms with E-state index in [-0.39, 0.29) is 20.0 Å². The molecule has 0 aromatic heterocycles. The lowest BCUT2D eigenvalue weighted by Crippen LogP contribution is -2.61. The minimum Gasteiger partial charge on any atom is -0.464 e. The van der Waals surface area contributed by atoms with E-state index in [0.717, 1.165) is 7.11 Å². The lowest BCUT2D eigenvalue weighted by molar-refractivity contribution is -0.365. The maximum absolute atomic E-state index is 13.7. The second-order valence-electron chi connectivity index (χ2n) is 4.76. The van der Waals surface area contributed by atoms with E-state index in [4.69, 9.17) is 0 Å². The summed E-state index contributed by atoms with van der Waals surface area (Å²) in [6, 6.07) is -2.48. The molecular weight excluding hydrogens is 355 g/mol. The Morgan fingerprint density at radius 3 is 1.96 bits per heavy atom. The van der Waals surface area contributed by atoms with E-state index in [0.29, 0.717) is 0 Å². The Balaban J connectivity index is 5.67. The molecule has 5 nitrogen and oxygen atoms in total. The summed E-state index contributed by atoms with van der Waals surface area (Å²) in [7, 11) is 0.775. The number of nitrogens with one attached hydrogen (secondary N) is 1. The van der Waals surface area contributed by atoms with E-state index < -0.39 is 42.0 Å². The summed E-state index contributed by atoms with van der Waals surface area (Å²) in [5.74, 6) is -16.7. The average Bonchev–Trinajstić information content (AvgIpc) is 2.47. The largest absolute Gasteiger partial charge is 0.464 e. The fourth-order valence-electron chi connectivity index (χ4n) is 1.55. The van der Waals surface area contributed by atoms with Gasteiger partial charge in [0.05, 0.1) is 19.6 Å². The van der Waals surface area contributed by atoms with Crippen LogP contribution >= 0.6 is 0 Å². The van der Waals surface area contributed by atoms with Crippen LogP contribution in [-0.4, -0.2) is 49.8 Å². The molecule has 0 bridgehead atoms. The maximum atomic E-state index is 13.7. The zero-order chi connectivity index (χ0) is 19.3. The van der Waals surface area contributed by atoms with Gasteiger partial charge >= 0.3 is 30.1 Å². The number of carbonyl (C=O) groups is 2. The zero-order valence-corrected chi connectivity index (χ0v) is 12.8. The van der Waals surface area contributed by atoms with Crippen LogP contribution in [0.3, 0.4) is 0 Å². The molecule has 24 heavy (non-hydrogen) atoms. The molecule has 0 aliphatic heterocycles.